The Balaban J connectivity index is 1.42. The van der Waals surface area contributed by atoms with Gasteiger partial charge >= 0.3 is 0 Å². The minimum Gasteiger partial charge on any atom is -0.359 e. The van der Waals surface area contributed by atoms with E-state index in [9.17, 15) is 14.4 Å². The van der Waals surface area contributed by atoms with E-state index in [1.54, 1.807) is 29.1 Å². The lowest BCUT2D eigenvalue weighted by atomic mass is 10.0. The minimum absolute atomic E-state index is 0.00495. The van der Waals surface area contributed by atoms with Gasteiger partial charge in [0.25, 0.3) is 5.91 Å². The molecule has 8 nitrogen and oxygen atoms in total. The van der Waals surface area contributed by atoms with Crippen LogP contribution in [0.5, 0.6) is 0 Å². The number of aromatic amines is 1. The third-order valence-electron chi connectivity index (χ3n) is 5.08. The van der Waals surface area contributed by atoms with Gasteiger partial charge in [0, 0.05) is 38.5 Å². The fraction of sp³-hybridized carbons (Fsp3) is 0.412. The first-order valence-electron chi connectivity index (χ1n) is 8.31. The van der Waals surface area contributed by atoms with Crippen molar-refractivity contribution in [2.75, 3.05) is 26.7 Å². The lowest BCUT2D eigenvalue weighted by Gasteiger charge is -2.44. The minimum atomic E-state index is -0.290. The number of fused-ring (bicyclic) bond motifs is 1. The second-order valence-electron chi connectivity index (χ2n) is 6.56. The van der Waals surface area contributed by atoms with Gasteiger partial charge in [-0.15, -0.1) is 0 Å². The predicted octanol–water partition coefficient (Wildman–Crippen LogP) is -0.0182. The zero-order chi connectivity index (χ0) is 17.6. The van der Waals surface area contributed by atoms with Crippen molar-refractivity contribution in [3.8, 4) is 0 Å². The first-order chi connectivity index (χ1) is 12.1. The fourth-order valence-electron chi connectivity index (χ4n) is 3.61. The van der Waals surface area contributed by atoms with E-state index in [4.69, 9.17) is 0 Å². The number of benzene rings is 1. The maximum atomic E-state index is 12.7. The molecule has 2 N–H and O–H groups in total. The smallest absolute Gasteiger partial charge is 0.254 e. The molecule has 1 unspecified atom stereocenters. The molecule has 1 atom stereocenters. The summed E-state index contributed by atoms with van der Waals surface area (Å²) in [5.41, 5.74) is 1.44. The second kappa shape index (κ2) is 5.87. The van der Waals surface area contributed by atoms with Crippen molar-refractivity contribution < 1.29 is 14.4 Å². The molecule has 0 radical (unpaired) electrons. The fourth-order valence-corrected chi connectivity index (χ4v) is 3.61. The molecule has 25 heavy (non-hydrogen) atoms. The first kappa shape index (κ1) is 15.6. The van der Waals surface area contributed by atoms with Crippen LogP contribution in [0.2, 0.25) is 0 Å². The number of H-pyrrole nitrogens is 1. The Morgan fingerprint density at radius 1 is 1.28 bits per heavy atom. The van der Waals surface area contributed by atoms with Crippen LogP contribution < -0.4 is 5.32 Å². The summed E-state index contributed by atoms with van der Waals surface area (Å²) in [4.78, 5) is 40.1. The number of aromatic nitrogens is 2. The Morgan fingerprint density at radius 2 is 2.08 bits per heavy atom. The van der Waals surface area contributed by atoms with Gasteiger partial charge in [-0.2, -0.15) is 5.10 Å². The van der Waals surface area contributed by atoms with Crippen molar-refractivity contribution in [2.24, 2.45) is 5.92 Å². The maximum absolute atomic E-state index is 12.7. The van der Waals surface area contributed by atoms with E-state index in [-0.39, 0.29) is 36.1 Å². The summed E-state index contributed by atoms with van der Waals surface area (Å²) < 4.78 is 0. The summed E-state index contributed by atoms with van der Waals surface area (Å²) in [6.45, 7) is 1.43. The Kier molecular flexibility index (Phi) is 3.67. The van der Waals surface area contributed by atoms with E-state index >= 15 is 0 Å². The van der Waals surface area contributed by atoms with E-state index in [1.165, 1.54) is 0 Å². The topological polar surface area (TPSA) is 98.4 Å². The Labute approximate surface area is 144 Å². The number of amides is 3. The molecule has 1 aromatic heterocycles. The highest BCUT2D eigenvalue weighted by atomic mass is 16.2. The van der Waals surface area contributed by atoms with Crippen LogP contribution in [0.4, 0.5) is 0 Å². The average molecular weight is 341 g/mol. The molecular formula is C17H19N5O3. The van der Waals surface area contributed by atoms with Crippen LogP contribution in [0.3, 0.4) is 0 Å². The molecule has 130 valence electrons. The normalized spacial score (nSPS) is 20.8. The largest absolute Gasteiger partial charge is 0.359 e. The molecule has 8 heteroatoms. The highest BCUT2D eigenvalue weighted by Crippen LogP contribution is 2.27. The summed E-state index contributed by atoms with van der Waals surface area (Å²) in [5, 5.41) is 10.2. The highest BCUT2D eigenvalue weighted by Gasteiger charge is 2.43. The van der Waals surface area contributed by atoms with Crippen molar-refractivity contribution in [3.05, 3.63) is 30.0 Å². The van der Waals surface area contributed by atoms with Crippen LogP contribution in [0, 0.1) is 5.92 Å². The predicted molar refractivity (Wildman–Crippen MR) is 89.7 cm³/mol. The van der Waals surface area contributed by atoms with E-state index in [2.05, 4.69) is 15.5 Å². The molecule has 0 saturated carbocycles. The molecule has 3 amide bonds. The van der Waals surface area contributed by atoms with Crippen molar-refractivity contribution >= 4 is 28.6 Å². The van der Waals surface area contributed by atoms with E-state index in [0.29, 0.717) is 25.2 Å². The number of hydrogen-bond acceptors (Lipinski definition) is 4. The number of likely N-dealkylation sites (tertiary alicyclic amines) is 2. The number of nitrogens with zero attached hydrogens (tertiary/aromatic N) is 3. The molecule has 3 heterocycles. The van der Waals surface area contributed by atoms with E-state index in [1.807, 2.05) is 12.1 Å². The molecule has 2 aromatic rings. The van der Waals surface area contributed by atoms with Gasteiger partial charge in [0.2, 0.25) is 11.8 Å². The van der Waals surface area contributed by atoms with Gasteiger partial charge < -0.3 is 15.1 Å². The molecule has 1 aromatic carbocycles. The summed E-state index contributed by atoms with van der Waals surface area (Å²) in [7, 11) is 1.58. The standard InChI is InChI=1S/C17H19N5O3/c1-18-16(24)10-5-15(23)22(7-10)11-8-21(9-11)17(25)12-3-2-4-14-13(12)6-19-20-14/h2-4,6,10-11H,5,7-9H2,1H3,(H,18,24)(H,19,20). The zero-order valence-electron chi connectivity index (χ0n) is 13.9. The third kappa shape index (κ3) is 2.54. The average Bonchev–Trinajstić information content (AvgIpc) is 3.19. The lowest BCUT2D eigenvalue weighted by Crippen LogP contribution is -2.61. The Hall–Kier alpha value is -2.90. The van der Waals surface area contributed by atoms with E-state index < -0.39 is 0 Å². The van der Waals surface area contributed by atoms with Gasteiger partial charge in [0.15, 0.2) is 0 Å². The summed E-state index contributed by atoms with van der Waals surface area (Å²) >= 11 is 0. The molecule has 2 aliphatic heterocycles. The van der Waals surface area contributed by atoms with Gasteiger partial charge in [-0.25, -0.2) is 0 Å². The van der Waals surface area contributed by atoms with Crippen LogP contribution in [0.25, 0.3) is 10.9 Å². The van der Waals surface area contributed by atoms with Crippen LogP contribution in [0.1, 0.15) is 16.8 Å². The molecule has 0 aliphatic carbocycles. The van der Waals surface area contributed by atoms with Gasteiger partial charge in [-0.3, -0.25) is 19.5 Å². The second-order valence-corrected chi connectivity index (χ2v) is 6.56. The summed E-state index contributed by atoms with van der Waals surface area (Å²) in [6.07, 6.45) is 1.90. The first-order valence-corrected chi connectivity index (χ1v) is 8.31. The summed E-state index contributed by atoms with van der Waals surface area (Å²) in [6, 6.07) is 5.48. The molecule has 0 spiro atoms. The Bertz CT molecular complexity index is 855. The van der Waals surface area contributed by atoms with Gasteiger partial charge in [-0.1, -0.05) is 6.07 Å². The Morgan fingerprint density at radius 3 is 2.84 bits per heavy atom. The van der Waals surface area contributed by atoms with Gasteiger partial charge in [0.05, 0.1) is 29.2 Å². The van der Waals surface area contributed by atoms with Gasteiger partial charge in [-0.05, 0) is 12.1 Å². The maximum Gasteiger partial charge on any atom is 0.254 e. The quantitative estimate of drug-likeness (QED) is 0.820. The highest BCUT2D eigenvalue weighted by molar-refractivity contribution is 6.06. The zero-order valence-corrected chi connectivity index (χ0v) is 13.9. The third-order valence-corrected chi connectivity index (χ3v) is 5.08. The number of nitrogens with one attached hydrogen (secondary N) is 2. The van der Waals surface area contributed by atoms with Crippen molar-refractivity contribution in [3.63, 3.8) is 0 Å². The molecule has 4 rings (SSSR count). The van der Waals surface area contributed by atoms with Crippen LogP contribution in [0.15, 0.2) is 24.4 Å². The van der Waals surface area contributed by atoms with Crippen LogP contribution in [-0.4, -0.2) is 70.4 Å². The SMILES string of the molecule is CNC(=O)C1CC(=O)N(C2CN(C(=O)c3cccc4[nH]ncc34)C2)C1. The van der Waals surface area contributed by atoms with E-state index in [0.717, 1.165) is 10.9 Å². The number of rotatable bonds is 3. The number of carbonyl (C=O) groups excluding carboxylic acids is 3. The van der Waals surface area contributed by atoms with Gasteiger partial charge in [0.1, 0.15) is 0 Å². The van der Waals surface area contributed by atoms with Crippen molar-refractivity contribution in [1.82, 2.24) is 25.3 Å². The van der Waals surface area contributed by atoms with Crippen molar-refractivity contribution in [1.29, 1.82) is 0 Å². The van der Waals surface area contributed by atoms with Crippen LogP contribution >= 0.6 is 0 Å². The number of carbonyl (C=O) groups is 3. The molecular weight excluding hydrogens is 322 g/mol. The lowest BCUT2D eigenvalue weighted by molar-refractivity contribution is -0.132. The molecule has 2 saturated heterocycles. The molecule has 0 bridgehead atoms. The van der Waals surface area contributed by atoms with Crippen molar-refractivity contribution in [2.45, 2.75) is 12.5 Å². The number of hydrogen-bond donors (Lipinski definition) is 2. The summed E-state index contributed by atoms with van der Waals surface area (Å²) in [5.74, 6) is -0.461. The monoisotopic (exact) mass is 341 g/mol. The molecule has 2 aliphatic rings. The van der Waals surface area contributed by atoms with Crippen LogP contribution in [-0.2, 0) is 9.59 Å². The molecule has 2 fully saturated rings.